The highest BCUT2D eigenvalue weighted by atomic mass is 19.1. The third kappa shape index (κ3) is 2.38. The molecule has 5 heteroatoms. The van der Waals surface area contributed by atoms with Gasteiger partial charge in [-0.05, 0) is 13.0 Å². The minimum atomic E-state index is -0.604. The maximum Gasteiger partial charge on any atom is 0.165 e. The van der Waals surface area contributed by atoms with Gasteiger partial charge in [0.1, 0.15) is 0 Å². The number of nitrogens with one attached hydrogen (secondary N) is 1. The number of aryl methyl sites for hydroxylation is 2. The lowest BCUT2D eigenvalue weighted by molar-refractivity contribution is 0.427. The molecule has 0 saturated heterocycles. The summed E-state index contributed by atoms with van der Waals surface area (Å²) in [5.74, 6) is -0.909. The first-order valence-corrected chi connectivity index (χ1v) is 5.28. The van der Waals surface area contributed by atoms with Crippen LogP contribution in [-0.2, 0) is 13.6 Å². The van der Waals surface area contributed by atoms with E-state index >= 15 is 0 Å². The predicted molar refractivity (Wildman–Crippen MR) is 63.3 cm³/mol. The van der Waals surface area contributed by atoms with Crippen molar-refractivity contribution >= 4 is 5.69 Å². The molecule has 0 aliphatic rings. The second kappa shape index (κ2) is 4.45. The van der Waals surface area contributed by atoms with E-state index in [4.69, 9.17) is 0 Å². The van der Waals surface area contributed by atoms with Gasteiger partial charge >= 0.3 is 0 Å². The van der Waals surface area contributed by atoms with Gasteiger partial charge < -0.3 is 10.4 Å². The monoisotopic (exact) mass is 235 g/mol. The molecule has 0 radical (unpaired) electrons. The van der Waals surface area contributed by atoms with Crippen molar-refractivity contribution in [3.63, 3.8) is 0 Å². The lowest BCUT2D eigenvalue weighted by Gasteiger charge is -2.07. The zero-order valence-electron chi connectivity index (χ0n) is 9.74. The molecule has 1 heterocycles. The zero-order chi connectivity index (χ0) is 12.4. The smallest absolute Gasteiger partial charge is 0.165 e. The summed E-state index contributed by atoms with van der Waals surface area (Å²) in [5.41, 5.74) is 2.26. The summed E-state index contributed by atoms with van der Waals surface area (Å²) < 4.78 is 14.8. The average Bonchev–Trinajstić information content (AvgIpc) is 2.60. The summed E-state index contributed by atoms with van der Waals surface area (Å²) in [7, 11) is 1.83. The highest BCUT2D eigenvalue weighted by molar-refractivity contribution is 5.47. The molecule has 2 rings (SSSR count). The quantitative estimate of drug-likeness (QED) is 0.857. The number of benzene rings is 1. The SMILES string of the molecule is Cc1nn(C)cc1NCc1cccc(F)c1O. The van der Waals surface area contributed by atoms with Crippen molar-refractivity contribution in [2.24, 2.45) is 7.05 Å². The third-order valence-corrected chi connectivity index (χ3v) is 2.55. The first-order chi connectivity index (χ1) is 8.08. The van der Waals surface area contributed by atoms with Crippen molar-refractivity contribution in [3.8, 4) is 5.75 Å². The standard InChI is InChI=1S/C12H14FN3O/c1-8-11(7-16(2)15-8)14-6-9-4-3-5-10(13)12(9)17/h3-5,7,14,17H,6H2,1-2H3. The van der Waals surface area contributed by atoms with Gasteiger partial charge in [0.25, 0.3) is 0 Å². The highest BCUT2D eigenvalue weighted by Crippen LogP contribution is 2.22. The zero-order valence-corrected chi connectivity index (χ0v) is 9.74. The van der Waals surface area contributed by atoms with Crippen LogP contribution in [0.4, 0.5) is 10.1 Å². The Bertz CT molecular complexity index is 537. The summed E-state index contributed by atoms with van der Waals surface area (Å²) in [4.78, 5) is 0. The Kier molecular flexibility index (Phi) is 2.99. The second-order valence-electron chi connectivity index (χ2n) is 3.90. The number of anilines is 1. The molecule has 1 aromatic heterocycles. The molecule has 0 fully saturated rings. The molecule has 90 valence electrons. The van der Waals surface area contributed by atoms with Gasteiger partial charge in [0, 0.05) is 25.4 Å². The molecule has 0 saturated carbocycles. The van der Waals surface area contributed by atoms with Gasteiger partial charge in [-0.15, -0.1) is 0 Å². The first kappa shape index (κ1) is 11.4. The number of hydrogen-bond acceptors (Lipinski definition) is 3. The number of phenols is 1. The van der Waals surface area contributed by atoms with Crippen LogP contribution < -0.4 is 5.32 Å². The van der Waals surface area contributed by atoms with E-state index in [9.17, 15) is 9.50 Å². The molecule has 0 bridgehead atoms. The van der Waals surface area contributed by atoms with Crippen LogP contribution in [0.1, 0.15) is 11.3 Å². The summed E-state index contributed by atoms with van der Waals surface area (Å²) >= 11 is 0. The molecule has 0 atom stereocenters. The van der Waals surface area contributed by atoms with Crippen LogP contribution in [0.2, 0.25) is 0 Å². The van der Waals surface area contributed by atoms with Gasteiger partial charge in [-0.1, -0.05) is 12.1 Å². The number of aromatic hydroxyl groups is 1. The van der Waals surface area contributed by atoms with Crippen LogP contribution in [-0.4, -0.2) is 14.9 Å². The Morgan fingerprint density at radius 1 is 1.47 bits per heavy atom. The van der Waals surface area contributed by atoms with Gasteiger partial charge in [-0.25, -0.2) is 4.39 Å². The fourth-order valence-electron chi connectivity index (χ4n) is 1.67. The van der Waals surface area contributed by atoms with Crippen LogP contribution in [0.5, 0.6) is 5.75 Å². The Morgan fingerprint density at radius 2 is 2.24 bits per heavy atom. The van der Waals surface area contributed by atoms with E-state index in [-0.39, 0.29) is 5.75 Å². The molecule has 0 spiro atoms. The molecule has 0 amide bonds. The average molecular weight is 235 g/mol. The molecule has 0 aliphatic carbocycles. The molecule has 2 N–H and O–H groups in total. The van der Waals surface area contributed by atoms with E-state index in [0.717, 1.165) is 11.4 Å². The minimum Gasteiger partial charge on any atom is -0.505 e. The van der Waals surface area contributed by atoms with E-state index in [1.165, 1.54) is 6.07 Å². The number of halogens is 1. The Labute approximate surface area is 98.7 Å². The largest absolute Gasteiger partial charge is 0.505 e. The molecule has 17 heavy (non-hydrogen) atoms. The van der Waals surface area contributed by atoms with E-state index in [0.29, 0.717) is 12.1 Å². The maximum atomic E-state index is 13.1. The Hall–Kier alpha value is -2.04. The number of rotatable bonds is 3. The van der Waals surface area contributed by atoms with Crippen LogP contribution >= 0.6 is 0 Å². The van der Waals surface area contributed by atoms with Crippen LogP contribution in [0, 0.1) is 12.7 Å². The van der Waals surface area contributed by atoms with Gasteiger partial charge in [-0.3, -0.25) is 4.68 Å². The van der Waals surface area contributed by atoms with Crippen molar-refractivity contribution in [1.29, 1.82) is 0 Å². The van der Waals surface area contributed by atoms with Gasteiger partial charge in [0.05, 0.1) is 11.4 Å². The number of phenolic OH excluding ortho intramolecular Hbond substituents is 1. The van der Waals surface area contributed by atoms with E-state index in [2.05, 4.69) is 10.4 Å². The fourth-order valence-corrected chi connectivity index (χ4v) is 1.67. The number of para-hydroxylation sites is 1. The number of aromatic nitrogens is 2. The second-order valence-corrected chi connectivity index (χ2v) is 3.90. The molecule has 1 aromatic carbocycles. The molecular formula is C12H14FN3O. The number of hydrogen-bond donors (Lipinski definition) is 2. The Balaban J connectivity index is 2.12. The predicted octanol–water partition coefficient (Wildman–Crippen LogP) is 2.19. The van der Waals surface area contributed by atoms with Gasteiger partial charge in [-0.2, -0.15) is 5.10 Å². The molecule has 2 aromatic rings. The molecule has 4 nitrogen and oxygen atoms in total. The summed E-state index contributed by atoms with van der Waals surface area (Å²) in [6.45, 7) is 2.24. The van der Waals surface area contributed by atoms with Crippen LogP contribution in [0.25, 0.3) is 0 Å². The fraction of sp³-hybridized carbons (Fsp3) is 0.250. The minimum absolute atomic E-state index is 0.304. The summed E-state index contributed by atoms with van der Waals surface area (Å²) in [5, 5.41) is 16.8. The molecule has 0 aliphatic heterocycles. The summed E-state index contributed by atoms with van der Waals surface area (Å²) in [6, 6.07) is 4.48. The molecule has 0 unspecified atom stereocenters. The normalized spacial score (nSPS) is 10.5. The van der Waals surface area contributed by atoms with E-state index in [1.807, 2.05) is 20.2 Å². The van der Waals surface area contributed by atoms with Crippen molar-refractivity contribution < 1.29 is 9.50 Å². The van der Waals surface area contributed by atoms with Gasteiger partial charge in [0.2, 0.25) is 0 Å². The van der Waals surface area contributed by atoms with Crippen molar-refractivity contribution in [2.45, 2.75) is 13.5 Å². The number of nitrogens with zero attached hydrogens (tertiary/aromatic N) is 2. The lowest BCUT2D eigenvalue weighted by atomic mass is 10.2. The maximum absolute atomic E-state index is 13.1. The van der Waals surface area contributed by atoms with Gasteiger partial charge in [0.15, 0.2) is 11.6 Å². The third-order valence-electron chi connectivity index (χ3n) is 2.55. The van der Waals surface area contributed by atoms with E-state index in [1.54, 1.807) is 16.8 Å². The lowest BCUT2D eigenvalue weighted by Crippen LogP contribution is -2.00. The van der Waals surface area contributed by atoms with Crippen molar-refractivity contribution in [1.82, 2.24) is 9.78 Å². The van der Waals surface area contributed by atoms with Crippen molar-refractivity contribution in [3.05, 3.63) is 41.5 Å². The summed E-state index contributed by atoms with van der Waals surface area (Å²) in [6.07, 6.45) is 1.84. The van der Waals surface area contributed by atoms with Crippen molar-refractivity contribution in [2.75, 3.05) is 5.32 Å². The van der Waals surface area contributed by atoms with Crippen LogP contribution in [0.3, 0.4) is 0 Å². The van der Waals surface area contributed by atoms with E-state index < -0.39 is 5.82 Å². The first-order valence-electron chi connectivity index (χ1n) is 5.28. The van der Waals surface area contributed by atoms with Crippen LogP contribution in [0.15, 0.2) is 24.4 Å². The highest BCUT2D eigenvalue weighted by Gasteiger charge is 2.07. The Morgan fingerprint density at radius 3 is 2.88 bits per heavy atom. The molecular weight excluding hydrogens is 221 g/mol. The topological polar surface area (TPSA) is 50.1 Å².